The van der Waals surface area contributed by atoms with Gasteiger partial charge in [-0.05, 0) is 24.3 Å². The molecule has 1 unspecified atom stereocenters. The summed E-state index contributed by atoms with van der Waals surface area (Å²) in [6.07, 6.45) is -0.500. The molecule has 2 aromatic rings. The van der Waals surface area contributed by atoms with Crippen LogP contribution in [0.4, 0.5) is 4.39 Å². The predicted octanol–water partition coefficient (Wildman–Crippen LogP) is 2.11. The van der Waals surface area contributed by atoms with Crippen molar-refractivity contribution < 1.29 is 32.2 Å². The maximum absolute atomic E-state index is 13.1. The van der Waals surface area contributed by atoms with Gasteiger partial charge in [-0.25, -0.2) is 12.8 Å². The second kappa shape index (κ2) is 8.58. The number of fused-ring (bicyclic) bond motifs is 2. The molecular formula is C23H21FN2O6S2. The van der Waals surface area contributed by atoms with Gasteiger partial charge in [0.05, 0.1) is 4.90 Å². The number of likely N-dealkylation sites (tertiary alicyclic amines) is 1. The zero-order chi connectivity index (χ0) is 24.1. The van der Waals surface area contributed by atoms with E-state index in [-0.39, 0.29) is 4.90 Å². The van der Waals surface area contributed by atoms with Crippen LogP contribution in [0, 0.1) is 5.82 Å². The molecular weight excluding hydrogens is 483 g/mol. The van der Waals surface area contributed by atoms with Crippen LogP contribution in [0.25, 0.3) is 5.76 Å². The van der Waals surface area contributed by atoms with Crippen LogP contribution >= 0.6 is 11.8 Å². The summed E-state index contributed by atoms with van der Waals surface area (Å²) in [6, 6.07) is 11.2. The van der Waals surface area contributed by atoms with Crippen molar-refractivity contribution >= 4 is 39.1 Å². The number of hydrogen-bond donors (Lipinski definition) is 2. The van der Waals surface area contributed by atoms with Gasteiger partial charge in [0.2, 0.25) is 21.6 Å². The first-order chi connectivity index (χ1) is 16.2. The number of allylic oxidation sites excluding steroid dienone is 1. The number of carbonyl (C=O) groups excluding carboxylic acids is 2. The minimum absolute atomic E-state index is 0.150. The lowest BCUT2D eigenvalue weighted by Crippen LogP contribution is -2.56. The van der Waals surface area contributed by atoms with Gasteiger partial charge in [0.1, 0.15) is 22.1 Å². The van der Waals surface area contributed by atoms with Crippen LogP contribution in [0.15, 0.2) is 58.3 Å². The maximum atomic E-state index is 13.1. The van der Waals surface area contributed by atoms with Crippen molar-refractivity contribution in [3.05, 3.63) is 70.4 Å². The van der Waals surface area contributed by atoms with Crippen LogP contribution in [0.5, 0.6) is 0 Å². The molecule has 5 rings (SSSR count). The Morgan fingerprint density at radius 3 is 2.35 bits per heavy atom. The number of halogens is 1. The molecule has 0 amide bonds. The van der Waals surface area contributed by atoms with Crippen molar-refractivity contribution in [2.24, 2.45) is 0 Å². The fourth-order valence-electron chi connectivity index (χ4n) is 4.33. The molecule has 2 heterocycles. The van der Waals surface area contributed by atoms with Crippen molar-refractivity contribution in [3.63, 3.8) is 0 Å². The minimum Gasteiger partial charge on any atom is -0.484 e. The fraction of sp³-hybridized carbons (Fsp3) is 0.304. The quantitative estimate of drug-likeness (QED) is 0.481. The average molecular weight is 505 g/mol. The Balaban J connectivity index is 1.28. The Morgan fingerprint density at radius 1 is 1.03 bits per heavy atom. The lowest BCUT2D eigenvalue weighted by molar-refractivity contribution is -0.111. The summed E-state index contributed by atoms with van der Waals surface area (Å²) in [5.41, 5.74) is 0.318. The number of nitrogens with zero attached hydrogens (tertiary/aromatic N) is 1. The molecule has 34 heavy (non-hydrogen) atoms. The first-order valence-corrected chi connectivity index (χ1v) is 13.1. The van der Waals surface area contributed by atoms with Crippen LogP contribution in [0.3, 0.4) is 0 Å². The molecule has 3 aliphatic rings. The first-order valence-electron chi connectivity index (χ1n) is 10.6. The number of hydrogen-bond acceptors (Lipinski definition) is 8. The molecule has 1 fully saturated rings. The van der Waals surface area contributed by atoms with E-state index in [4.69, 9.17) is 4.74 Å². The highest BCUT2D eigenvalue weighted by molar-refractivity contribution is 8.04. The summed E-state index contributed by atoms with van der Waals surface area (Å²) in [5.74, 6) is -0.763. The number of thioether (sulfide) groups is 1. The summed E-state index contributed by atoms with van der Waals surface area (Å²) in [5, 5.41) is 10.5. The number of nitrogens with one attached hydrogen (secondary N) is 1. The lowest BCUT2D eigenvalue weighted by Gasteiger charge is -2.46. The topological polar surface area (TPSA) is 113 Å². The normalized spacial score (nSPS) is 21.1. The number of piperidine rings is 1. The standard InChI is InChI=1S/C23H21FN2O6S2/c24-14-5-7-15(8-6-14)34(30,31)25-22(29)26-11-9-23(10-12-26)13-33-21-19(28)18(27)16-3-1-2-4-17(16)20(21)32-23/h1-8,22,25,29H,9-13H2. The zero-order valence-electron chi connectivity index (χ0n) is 17.9. The summed E-state index contributed by atoms with van der Waals surface area (Å²) in [7, 11) is -4.04. The van der Waals surface area contributed by atoms with E-state index >= 15 is 0 Å². The Bertz CT molecular complexity index is 1300. The number of ketones is 2. The Labute approximate surface area is 199 Å². The Kier molecular flexibility index (Phi) is 5.85. The van der Waals surface area contributed by atoms with E-state index in [1.807, 2.05) is 0 Å². The van der Waals surface area contributed by atoms with E-state index < -0.39 is 39.4 Å². The second-order valence-corrected chi connectivity index (χ2v) is 11.1. The van der Waals surface area contributed by atoms with Crippen molar-refractivity contribution in [2.75, 3.05) is 18.8 Å². The third-order valence-corrected chi connectivity index (χ3v) is 9.02. The fourth-order valence-corrected chi connectivity index (χ4v) is 6.65. The van der Waals surface area contributed by atoms with Crippen LogP contribution in [-0.2, 0) is 19.6 Å². The first kappa shape index (κ1) is 23.2. The molecule has 2 aromatic carbocycles. The van der Waals surface area contributed by atoms with Gasteiger partial charge in [-0.3, -0.25) is 14.5 Å². The van der Waals surface area contributed by atoms with Gasteiger partial charge in [-0.2, -0.15) is 4.72 Å². The molecule has 1 saturated heterocycles. The summed E-state index contributed by atoms with van der Waals surface area (Å²) >= 11 is 1.31. The summed E-state index contributed by atoms with van der Waals surface area (Å²) in [6.45, 7) is 0.676. The van der Waals surface area contributed by atoms with Crippen LogP contribution in [-0.4, -0.2) is 60.8 Å². The number of rotatable bonds is 4. The number of sulfonamides is 1. The van der Waals surface area contributed by atoms with Crippen LogP contribution < -0.4 is 4.72 Å². The molecule has 0 saturated carbocycles. The van der Waals surface area contributed by atoms with Crippen molar-refractivity contribution in [2.45, 2.75) is 29.7 Å². The van der Waals surface area contributed by atoms with Gasteiger partial charge in [-0.15, -0.1) is 11.8 Å². The van der Waals surface area contributed by atoms with Crippen molar-refractivity contribution in [1.29, 1.82) is 0 Å². The maximum Gasteiger partial charge on any atom is 0.243 e. The van der Waals surface area contributed by atoms with E-state index in [0.717, 1.165) is 24.3 Å². The minimum atomic E-state index is -4.04. The monoisotopic (exact) mass is 504 g/mol. The zero-order valence-corrected chi connectivity index (χ0v) is 19.5. The second-order valence-electron chi connectivity index (χ2n) is 8.42. The molecule has 0 bridgehead atoms. The van der Waals surface area contributed by atoms with E-state index in [1.54, 1.807) is 29.2 Å². The molecule has 11 heteroatoms. The van der Waals surface area contributed by atoms with Gasteiger partial charge >= 0.3 is 0 Å². The van der Waals surface area contributed by atoms with Gasteiger partial charge < -0.3 is 9.84 Å². The Morgan fingerprint density at radius 2 is 1.68 bits per heavy atom. The van der Waals surface area contributed by atoms with Crippen LogP contribution in [0.1, 0.15) is 28.8 Å². The molecule has 2 N–H and O–H groups in total. The van der Waals surface area contributed by atoms with Gasteiger partial charge in [0.15, 0.2) is 6.35 Å². The molecule has 2 aliphatic heterocycles. The highest BCUT2D eigenvalue weighted by Gasteiger charge is 2.46. The number of Topliss-reactive ketones (excluding diaryl/α,β-unsaturated/α-hetero) is 2. The Hall–Kier alpha value is -2.57. The number of aliphatic hydroxyl groups excluding tert-OH is 1. The molecule has 178 valence electrons. The average Bonchev–Trinajstić information content (AvgIpc) is 2.83. The number of aliphatic hydroxyl groups is 1. The van der Waals surface area contributed by atoms with Gasteiger partial charge in [0.25, 0.3) is 0 Å². The van der Waals surface area contributed by atoms with E-state index in [9.17, 15) is 27.5 Å². The van der Waals surface area contributed by atoms with Crippen LogP contribution in [0.2, 0.25) is 0 Å². The number of ether oxygens (including phenoxy) is 1. The van der Waals surface area contributed by atoms with E-state index in [0.29, 0.717) is 53.5 Å². The molecule has 0 radical (unpaired) electrons. The molecule has 8 nitrogen and oxygen atoms in total. The highest BCUT2D eigenvalue weighted by atomic mass is 32.2. The highest BCUT2D eigenvalue weighted by Crippen LogP contribution is 2.47. The molecule has 1 aliphatic carbocycles. The lowest BCUT2D eigenvalue weighted by atomic mass is 9.90. The van der Waals surface area contributed by atoms with Gasteiger partial charge in [0, 0.05) is 42.8 Å². The van der Waals surface area contributed by atoms with E-state index in [2.05, 4.69) is 4.72 Å². The number of carbonyl (C=O) groups is 2. The third kappa shape index (κ3) is 4.07. The van der Waals surface area contributed by atoms with Crippen molar-refractivity contribution in [1.82, 2.24) is 9.62 Å². The predicted molar refractivity (Wildman–Crippen MR) is 123 cm³/mol. The summed E-state index contributed by atoms with van der Waals surface area (Å²) < 4.78 is 46.7. The summed E-state index contributed by atoms with van der Waals surface area (Å²) in [4.78, 5) is 26.7. The largest absolute Gasteiger partial charge is 0.484 e. The SMILES string of the molecule is O=C1C(=O)c2ccccc2C2=C1SCC1(CCN(C(O)NS(=O)(=O)c3ccc(F)cc3)CC1)O2. The molecule has 1 spiro atoms. The van der Waals surface area contributed by atoms with E-state index in [1.165, 1.54) is 11.8 Å². The van der Waals surface area contributed by atoms with Crippen molar-refractivity contribution in [3.8, 4) is 0 Å². The third-order valence-electron chi connectivity index (χ3n) is 6.27. The smallest absolute Gasteiger partial charge is 0.243 e. The molecule has 0 aromatic heterocycles. The molecule has 1 atom stereocenters. The number of benzene rings is 2. The van der Waals surface area contributed by atoms with Gasteiger partial charge in [-0.1, -0.05) is 24.3 Å².